The van der Waals surface area contributed by atoms with Crippen LogP contribution in [-0.2, 0) is 18.3 Å². The minimum atomic E-state index is -0.113. The predicted molar refractivity (Wildman–Crippen MR) is 122 cm³/mol. The number of likely N-dealkylation sites (tertiary alicyclic amines) is 1. The molecule has 4 heterocycles. The summed E-state index contributed by atoms with van der Waals surface area (Å²) in [5, 5.41) is 0. The van der Waals surface area contributed by atoms with Gasteiger partial charge in [0.25, 0.3) is 5.56 Å². The van der Waals surface area contributed by atoms with Crippen molar-refractivity contribution < 1.29 is 4.74 Å². The molecule has 166 valence electrons. The predicted octanol–water partition coefficient (Wildman–Crippen LogP) is 2.41. The molecule has 0 amide bonds. The Hall–Kier alpha value is -3.10. The molecular formula is C24H28N6O2. The van der Waals surface area contributed by atoms with Crippen molar-refractivity contribution in [3.8, 4) is 11.4 Å². The molecular weight excluding hydrogens is 404 g/mol. The van der Waals surface area contributed by atoms with Crippen LogP contribution in [0, 0.1) is 0 Å². The van der Waals surface area contributed by atoms with Crippen LogP contribution in [0.15, 0.2) is 53.7 Å². The fourth-order valence-corrected chi connectivity index (χ4v) is 4.45. The van der Waals surface area contributed by atoms with Crippen LogP contribution in [0.4, 0.5) is 5.95 Å². The van der Waals surface area contributed by atoms with Crippen LogP contribution in [0.1, 0.15) is 30.1 Å². The highest BCUT2D eigenvalue weighted by Crippen LogP contribution is 2.26. The molecule has 2 aromatic heterocycles. The minimum Gasteiger partial charge on any atom is -0.370 e. The normalized spacial score (nSPS) is 19.4. The van der Waals surface area contributed by atoms with Gasteiger partial charge in [-0.15, -0.1) is 0 Å². The van der Waals surface area contributed by atoms with Crippen molar-refractivity contribution in [3.63, 3.8) is 0 Å². The molecule has 0 aliphatic carbocycles. The number of morpholine rings is 1. The zero-order chi connectivity index (χ0) is 21.9. The average molecular weight is 433 g/mol. The summed E-state index contributed by atoms with van der Waals surface area (Å²) in [4.78, 5) is 30.2. The lowest BCUT2D eigenvalue weighted by atomic mass is 10.1. The van der Waals surface area contributed by atoms with Gasteiger partial charge in [0.1, 0.15) is 12.4 Å². The van der Waals surface area contributed by atoms with Gasteiger partial charge in [-0.25, -0.2) is 15.0 Å². The molecule has 32 heavy (non-hydrogen) atoms. The van der Waals surface area contributed by atoms with Gasteiger partial charge in [0.15, 0.2) is 0 Å². The highest BCUT2D eigenvalue weighted by Gasteiger charge is 2.25. The van der Waals surface area contributed by atoms with E-state index in [4.69, 9.17) is 9.72 Å². The summed E-state index contributed by atoms with van der Waals surface area (Å²) in [5.41, 5.74) is 3.57. The Balaban J connectivity index is 1.35. The van der Waals surface area contributed by atoms with Gasteiger partial charge in [0.2, 0.25) is 5.95 Å². The van der Waals surface area contributed by atoms with E-state index in [9.17, 15) is 4.79 Å². The van der Waals surface area contributed by atoms with Crippen LogP contribution in [0.3, 0.4) is 0 Å². The lowest BCUT2D eigenvalue weighted by molar-refractivity contribution is 0.0389. The average Bonchev–Trinajstić information content (AvgIpc) is 3.35. The maximum absolute atomic E-state index is 12.6. The lowest BCUT2D eigenvalue weighted by Gasteiger charge is -2.34. The van der Waals surface area contributed by atoms with Gasteiger partial charge in [-0.2, -0.15) is 0 Å². The molecule has 8 nitrogen and oxygen atoms in total. The Morgan fingerprint density at radius 2 is 1.88 bits per heavy atom. The quantitative estimate of drug-likeness (QED) is 0.613. The first-order chi connectivity index (χ1) is 15.7. The number of ether oxygens (including phenoxy) is 1. The van der Waals surface area contributed by atoms with E-state index in [-0.39, 0.29) is 11.7 Å². The summed E-state index contributed by atoms with van der Waals surface area (Å²) in [6.45, 7) is 5.30. The van der Waals surface area contributed by atoms with Crippen LogP contribution in [0.2, 0.25) is 0 Å². The van der Waals surface area contributed by atoms with E-state index in [2.05, 4.69) is 44.0 Å². The number of aromatic nitrogens is 4. The zero-order valence-corrected chi connectivity index (χ0v) is 18.4. The van der Waals surface area contributed by atoms with Crippen molar-refractivity contribution in [2.45, 2.75) is 25.5 Å². The highest BCUT2D eigenvalue weighted by atomic mass is 16.5. The number of anilines is 1. The Morgan fingerprint density at radius 1 is 1.06 bits per heavy atom. The van der Waals surface area contributed by atoms with Crippen LogP contribution in [-0.4, -0.2) is 57.2 Å². The molecule has 8 heteroatoms. The van der Waals surface area contributed by atoms with Gasteiger partial charge in [0.05, 0.1) is 24.5 Å². The van der Waals surface area contributed by atoms with Crippen LogP contribution in [0.5, 0.6) is 0 Å². The number of nitrogens with zero attached hydrogens (tertiary/aromatic N) is 6. The smallest absolute Gasteiger partial charge is 0.255 e. The van der Waals surface area contributed by atoms with Crippen molar-refractivity contribution in [1.29, 1.82) is 0 Å². The molecule has 1 aromatic carbocycles. The van der Waals surface area contributed by atoms with Crippen molar-refractivity contribution >= 4 is 5.95 Å². The maximum atomic E-state index is 12.6. The molecule has 0 radical (unpaired) electrons. The summed E-state index contributed by atoms with van der Waals surface area (Å²) in [7, 11) is 1.76. The number of rotatable bonds is 5. The van der Waals surface area contributed by atoms with Crippen LogP contribution < -0.4 is 10.5 Å². The van der Waals surface area contributed by atoms with Crippen molar-refractivity contribution in [3.05, 3.63) is 70.4 Å². The highest BCUT2D eigenvalue weighted by molar-refractivity contribution is 5.55. The first-order valence-corrected chi connectivity index (χ1v) is 11.2. The SMILES string of the molecule is Cn1c(N2CCOC(c3ccc(CN4CCCC4)cc3)C2)nc(-c2ccncn2)cc1=O. The van der Waals surface area contributed by atoms with Gasteiger partial charge < -0.3 is 9.64 Å². The first kappa shape index (κ1) is 20.8. The summed E-state index contributed by atoms with van der Waals surface area (Å²) < 4.78 is 7.68. The second-order valence-electron chi connectivity index (χ2n) is 8.46. The van der Waals surface area contributed by atoms with Crippen LogP contribution >= 0.6 is 0 Å². The molecule has 5 rings (SSSR count). The van der Waals surface area contributed by atoms with E-state index in [1.165, 1.54) is 43.9 Å². The van der Waals surface area contributed by atoms with E-state index in [0.29, 0.717) is 37.0 Å². The summed E-state index contributed by atoms with van der Waals surface area (Å²) in [6.07, 6.45) is 5.66. The molecule has 2 aliphatic heterocycles. The van der Waals surface area contributed by atoms with Gasteiger partial charge in [-0.1, -0.05) is 24.3 Å². The maximum Gasteiger partial charge on any atom is 0.255 e. The second kappa shape index (κ2) is 9.18. The third-order valence-electron chi connectivity index (χ3n) is 6.26. The van der Waals surface area contributed by atoms with Crippen molar-refractivity contribution in [1.82, 2.24) is 24.4 Å². The largest absolute Gasteiger partial charge is 0.370 e. The fraction of sp³-hybridized carbons (Fsp3) is 0.417. The summed E-state index contributed by atoms with van der Waals surface area (Å²) in [5.74, 6) is 0.630. The summed E-state index contributed by atoms with van der Waals surface area (Å²) >= 11 is 0. The third-order valence-corrected chi connectivity index (χ3v) is 6.26. The Labute approximate surface area is 187 Å². The lowest BCUT2D eigenvalue weighted by Crippen LogP contribution is -2.41. The Bertz CT molecular complexity index is 1110. The van der Waals surface area contributed by atoms with E-state index in [1.807, 2.05) is 0 Å². The van der Waals surface area contributed by atoms with Gasteiger partial charge >= 0.3 is 0 Å². The monoisotopic (exact) mass is 432 g/mol. The second-order valence-corrected chi connectivity index (χ2v) is 8.46. The molecule has 1 atom stereocenters. The molecule has 2 fully saturated rings. The molecule has 2 aliphatic rings. The number of benzene rings is 1. The minimum absolute atomic E-state index is 0.0656. The Morgan fingerprint density at radius 3 is 2.62 bits per heavy atom. The van der Waals surface area contributed by atoms with Gasteiger partial charge in [0, 0.05) is 32.4 Å². The third kappa shape index (κ3) is 4.42. The molecule has 0 spiro atoms. The van der Waals surface area contributed by atoms with Gasteiger partial charge in [-0.05, 0) is 43.1 Å². The topological polar surface area (TPSA) is 76.4 Å². The van der Waals surface area contributed by atoms with E-state index >= 15 is 0 Å². The Kier molecular flexibility index (Phi) is 5.96. The van der Waals surface area contributed by atoms with E-state index in [0.717, 1.165) is 12.1 Å². The van der Waals surface area contributed by atoms with Crippen molar-refractivity contribution in [2.75, 3.05) is 37.7 Å². The van der Waals surface area contributed by atoms with Crippen LogP contribution in [0.25, 0.3) is 11.4 Å². The molecule has 3 aromatic rings. The zero-order valence-electron chi connectivity index (χ0n) is 18.4. The van der Waals surface area contributed by atoms with E-state index in [1.54, 1.807) is 23.9 Å². The fourth-order valence-electron chi connectivity index (χ4n) is 4.45. The molecule has 0 saturated carbocycles. The number of hydrogen-bond donors (Lipinski definition) is 0. The van der Waals surface area contributed by atoms with Crippen molar-refractivity contribution in [2.24, 2.45) is 7.05 Å². The first-order valence-electron chi connectivity index (χ1n) is 11.2. The molecule has 1 unspecified atom stereocenters. The summed E-state index contributed by atoms with van der Waals surface area (Å²) in [6, 6.07) is 12.0. The van der Waals surface area contributed by atoms with E-state index < -0.39 is 0 Å². The molecule has 0 bridgehead atoms. The number of hydrogen-bond acceptors (Lipinski definition) is 7. The standard InChI is InChI=1S/C24H28N6O2/c1-28-23(31)14-21(20-8-9-25-17-26-20)27-24(28)30-12-13-32-22(16-30)19-6-4-18(5-7-19)15-29-10-2-3-11-29/h4-9,14,17,22H,2-3,10-13,15-16H2,1H3. The molecule has 0 N–H and O–H groups in total. The molecule has 2 saturated heterocycles. The van der Waals surface area contributed by atoms with Gasteiger partial charge in [-0.3, -0.25) is 14.3 Å².